The summed E-state index contributed by atoms with van der Waals surface area (Å²) >= 11 is 0. The van der Waals surface area contributed by atoms with E-state index in [0.717, 1.165) is 11.3 Å². The van der Waals surface area contributed by atoms with Crippen molar-refractivity contribution in [1.29, 1.82) is 0 Å². The number of allylic oxidation sites excluding steroid dienone is 1. The zero-order valence-corrected chi connectivity index (χ0v) is 17.0. The number of carbonyl (C=O) groups is 1. The van der Waals surface area contributed by atoms with Crippen LogP contribution in [-0.4, -0.2) is 30.8 Å². The summed E-state index contributed by atoms with van der Waals surface area (Å²) < 4.78 is 12.7. The molecule has 28 heavy (non-hydrogen) atoms. The summed E-state index contributed by atoms with van der Waals surface area (Å²) in [6.45, 7) is 8.02. The highest BCUT2D eigenvalue weighted by Crippen LogP contribution is 2.39. The molecule has 1 aromatic carbocycles. The topological polar surface area (TPSA) is 60.8 Å². The standard InChI is InChI=1S/C22H26N2O4/c1-6-27-17-13-18-23(5)15(4)19(22(26)28-7-2)20(16-11-9-8-10-12-16)24(18)21(25)14(17)3/h8-13,20H,6-7H2,1-5H3. The largest absolute Gasteiger partial charge is 0.493 e. The van der Waals surface area contributed by atoms with E-state index in [1.165, 1.54) is 0 Å². The predicted molar refractivity (Wildman–Crippen MR) is 109 cm³/mol. The van der Waals surface area contributed by atoms with E-state index in [1.54, 1.807) is 18.4 Å². The first-order valence-electron chi connectivity index (χ1n) is 9.47. The fourth-order valence-corrected chi connectivity index (χ4v) is 3.60. The molecule has 0 aliphatic carbocycles. The number of esters is 1. The lowest BCUT2D eigenvalue weighted by Crippen LogP contribution is -2.40. The Morgan fingerprint density at radius 3 is 2.39 bits per heavy atom. The summed E-state index contributed by atoms with van der Waals surface area (Å²) in [5.74, 6) is 0.827. The van der Waals surface area contributed by atoms with E-state index in [-0.39, 0.29) is 12.2 Å². The molecular weight excluding hydrogens is 356 g/mol. The summed E-state index contributed by atoms with van der Waals surface area (Å²) in [6, 6.07) is 10.9. The van der Waals surface area contributed by atoms with E-state index in [1.807, 2.05) is 62.2 Å². The van der Waals surface area contributed by atoms with Crippen molar-refractivity contribution in [2.45, 2.75) is 33.7 Å². The van der Waals surface area contributed by atoms with Crippen LogP contribution in [0.5, 0.6) is 5.75 Å². The van der Waals surface area contributed by atoms with Crippen molar-refractivity contribution in [3.63, 3.8) is 0 Å². The number of pyridine rings is 1. The number of benzene rings is 1. The fourth-order valence-electron chi connectivity index (χ4n) is 3.60. The minimum atomic E-state index is -0.562. The van der Waals surface area contributed by atoms with Crippen LogP contribution in [0.2, 0.25) is 0 Å². The maximum atomic E-state index is 13.4. The Bertz CT molecular complexity index is 976. The molecule has 0 spiro atoms. The van der Waals surface area contributed by atoms with Gasteiger partial charge in [0, 0.05) is 18.8 Å². The molecule has 0 saturated heterocycles. The van der Waals surface area contributed by atoms with E-state index >= 15 is 0 Å². The Kier molecular flexibility index (Phi) is 5.58. The molecule has 1 aliphatic rings. The number of carbonyl (C=O) groups excluding carboxylic acids is 1. The monoisotopic (exact) mass is 382 g/mol. The average molecular weight is 382 g/mol. The molecule has 0 amide bonds. The third-order valence-electron chi connectivity index (χ3n) is 5.09. The highest BCUT2D eigenvalue weighted by atomic mass is 16.5. The summed E-state index contributed by atoms with van der Waals surface area (Å²) in [5.41, 5.74) is 2.40. The zero-order valence-electron chi connectivity index (χ0n) is 17.0. The van der Waals surface area contributed by atoms with Crippen LogP contribution < -0.4 is 15.2 Å². The maximum absolute atomic E-state index is 13.4. The molecule has 0 radical (unpaired) electrons. The van der Waals surface area contributed by atoms with Crippen molar-refractivity contribution in [3.8, 4) is 5.75 Å². The Morgan fingerprint density at radius 1 is 1.11 bits per heavy atom. The van der Waals surface area contributed by atoms with Gasteiger partial charge in [-0.05, 0) is 33.3 Å². The molecule has 0 saturated carbocycles. The Hall–Kier alpha value is -3.02. The van der Waals surface area contributed by atoms with Crippen molar-refractivity contribution in [2.75, 3.05) is 25.2 Å². The zero-order chi connectivity index (χ0) is 20.4. The number of anilines is 1. The van der Waals surface area contributed by atoms with Crippen molar-refractivity contribution in [2.24, 2.45) is 0 Å². The number of fused-ring (bicyclic) bond motifs is 1. The van der Waals surface area contributed by atoms with Gasteiger partial charge in [0.25, 0.3) is 5.56 Å². The summed E-state index contributed by atoms with van der Waals surface area (Å²) in [4.78, 5) is 28.1. The molecule has 6 heteroatoms. The lowest BCUT2D eigenvalue weighted by atomic mass is 9.93. The fraction of sp³-hybridized carbons (Fsp3) is 0.364. The lowest BCUT2D eigenvalue weighted by molar-refractivity contribution is -0.139. The van der Waals surface area contributed by atoms with Gasteiger partial charge in [0.1, 0.15) is 11.6 Å². The highest BCUT2D eigenvalue weighted by molar-refractivity contribution is 5.92. The minimum Gasteiger partial charge on any atom is -0.493 e. The van der Waals surface area contributed by atoms with Gasteiger partial charge in [0.2, 0.25) is 0 Å². The molecule has 2 aromatic rings. The maximum Gasteiger partial charge on any atom is 0.338 e. The molecular formula is C22H26N2O4. The van der Waals surface area contributed by atoms with E-state index in [4.69, 9.17) is 9.47 Å². The molecule has 2 heterocycles. The molecule has 0 fully saturated rings. The van der Waals surface area contributed by atoms with Gasteiger partial charge in [0.15, 0.2) is 0 Å². The van der Waals surface area contributed by atoms with Crippen molar-refractivity contribution in [1.82, 2.24) is 4.57 Å². The van der Waals surface area contributed by atoms with E-state index in [0.29, 0.717) is 29.3 Å². The predicted octanol–water partition coefficient (Wildman–Crippen LogP) is 3.43. The molecule has 1 aromatic heterocycles. The summed E-state index contributed by atoms with van der Waals surface area (Å²) in [5, 5.41) is 0. The van der Waals surface area contributed by atoms with Gasteiger partial charge in [-0.3, -0.25) is 9.36 Å². The van der Waals surface area contributed by atoms with Crippen LogP contribution in [0.3, 0.4) is 0 Å². The normalized spacial score (nSPS) is 16.0. The molecule has 3 rings (SSSR count). The van der Waals surface area contributed by atoms with Crippen molar-refractivity contribution >= 4 is 11.8 Å². The van der Waals surface area contributed by atoms with Crippen LogP contribution >= 0.6 is 0 Å². The van der Waals surface area contributed by atoms with Crippen molar-refractivity contribution in [3.05, 3.63) is 69.1 Å². The second-order valence-corrected chi connectivity index (χ2v) is 6.69. The molecule has 0 bridgehead atoms. The number of hydrogen-bond acceptors (Lipinski definition) is 5. The highest BCUT2D eigenvalue weighted by Gasteiger charge is 2.36. The lowest BCUT2D eigenvalue weighted by Gasteiger charge is -2.37. The summed E-state index contributed by atoms with van der Waals surface area (Å²) in [7, 11) is 1.84. The van der Waals surface area contributed by atoms with Gasteiger partial charge in [-0.1, -0.05) is 30.3 Å². The first-order chi connectivity index (χ1) is 13.4. The first kappa shape index (κ1) is 19.7. The second kappa shape index (κ2) is 7.92. The minimum absolute atomic E-state index is 0.184. The van der Waals surface area contributed by atoms with Crippen LogP contribution in [0.15, 0.2) is 52.5 Å². The third kappa shape index (κ3) is 3.19. The Labute approximate surface area is 165 Å². The molecule has 0 N–H and O–H groups in total. The van der Waals surface area contributed by atoms with Crippen molar-refractivity contribution < 1.29 is 14.3 Å². The number of ether oxygens (including phenoxy) is 2. The number of nitrogens with zero attached hydrogens (tertiary/aromatic N) is 2. The molecule has 1 unspecified atom stereocenters. The molecule has 1 atom stereocenters. The van der Waals surface area contributed by atoms with Gasteiger partial charge in [-0.15, -0.1) is 0 Å². The Morgan fingerprint density at radius 2 is 1.79 bits per heavy atom. The number of hydrogen-bond donors (Lipinski definition) is 0. The third-order valence-corrected chi connectivity index (χ3v) is 5.09. The quantitative estimate of drug-likeness (QED) is 0.742. The van der Waals surface area contributed by atoms with Gasteiger partial charge in [-0.2, -0.15) is 0 Å². The van der Waals surface area contributed by atoms with Crippen LogP contribution in [0, 0.1) is 6.92 Å². The van der Waals surface area contributed by atoms with E-state index < -0.39 is 12.0 Å². The summed E-state index contributed by atoms with van der Waals surface area (Å²) in [6.07, 6.45) is 0. The molecule has 148 valence electrons. The van der Waals surface area contributed by atoms with Gasteiger partial charge >= 0.3 is 5.97 Å². The van der Waals surface area contributed by atoms with E-state index in [2.05, 4.69) is 0 Å². The van der Waals surface area contributed by atoms with E-state index in [9.17, 15) is 9.59 Å². The number of aromatic nitrogens is 1. The van der Waals surface area contributed by atoms with Crippen LogP contribution in [0.25, 0.3) is 0 Å². The van der Waals surface area contributed by atoms with Crippen LogP contribution in [0.4, 0.5) is 5.82 Å². The van der Waals surface area contributed by atoms with Gasteiger partial charge in [-0.25, -0.2) is 4.79 Å². The SMILES string of the molecule is CCOC(=O)C1=C(C)N(C)c2cc(OCC)c(C)c(=O)n2C1c1ccccc1. The molecule has 6 nitrogen and oxygen atoms in total. The smallest absolute Gasteiger partial charge is 0.338 e. The first-order valence-corrected chi connectivity index (χ1v) is 9.47. The van der Waals surface area contributed by atoms with Crippen LogP contribution in [0.1, 0.15) is 37.9 Å². The average Bonchev–Trinajstić information content (AvgIpc) is 2.69. The molecule has 1 aliphatic heterocycles. The van der Waals surface area contributed by atoms with Gasteiger partial charge in [0.05, 0.1) is 30.4 Å². The van der Waals surface area contributed by atoms with Crippen LogP contribution in [-0.2, 0) is 9.53 Å². The van der Waals surface area contributed by atoms with Gasteiger partial charge < -0.3 is 14.4 Å². The Balaban J connectivity index is 2.34. The number of rotatable bonds is 5. The second-order valence-electron chi connectivity index (χ2n) is 6.69.